The summed E-state index contributed by atoms with van der Waals surface area (Å²) in [6, 6.07) is 12.3. The van der Waals surface area contributed by atoms with Crippen LogP contribution in [0.1, 0.15) is 30.6 Å². The first-order valence-corrected chi connectivity index (χ1v) is 10.6. The lowest BCUT2D eigenvalue weighted by molar-refractivity contribution is 0.0961. The highest BCUT2D eigenvalue weighted by molar-refractivity contribution is 9.10. The Morgan fingerprint density at radius 3 is 2.70 bits per heavy atom. The van der Waals surface area contributed by atoms with E-state index < -0.39 is 5.63 Å². The number of aromatic nitrogens is 1. The summed E-state index contributed by atoms with van der Waals surface area (Å²) in [6.07, 6.45) is 6.98. The fourth-order valence-corrected chi connectivity index (χ4v) is 3.74. The SMILES string of the molecule is CC1CC=CC=C(NC(=O)c2cccc3c(=O)oc(-c4ccc(Br)cc4)nc23)C1C. The molecule has 2 aromatic carbocycles. The van der Waals surface area contributed by atoms with Crippen LogP contribution in [-0.4, -0.2) is 10.9 Å². The lowest BCUT2D eigenvalue weighted by Crippen LogP contribution is -2.28. The fraction of sp³-hybridized carbons (Fsp3) is 0.208. The van der Waals surface area contributed by atoms with Crippen LogP contribution in [0.25, 0.3) is 22.4 Å². The number of amides is 1. The van der Waals surface area contributed by atoms with E-state index in [9.17, 15) is 9.59 Å². The lowest BCUT2D eigenvalue weighted by Gasteiger charge is -2.21. The molecule has 0 bridgehead atoms. The Morgan fingerprint density at radius 1 is 1.17 bits per heavy atom. The number of carbonyl (C=O) groups excluding carboxylic acids is 1. The van der Waals surface area contributed by atoms with E-state index in [-0.39, 0.29) is 23.1 Å². The minimum Gasteiger partial charge on any atom is -0.403 e. The molecule has 30 heavy (non-hydrogen) atoms. The second-order valence-electron chi connectivity index (χ2n) is 7.52. The molecule has 0 radical (unpaired) electrons. The normalized spacial score (nSPS) is 18.7. The van der Waals surface area contributed by atoms with Gasteiger partial charge >= 0.3 is 5.63 Å². The van der Waals surface area contributed by atoms with Crippen molar-refractivity contribution in [3.63, 3.8) is 0 Å². The van der Waals surface area contributed by atoms with Crippen LogP contribution in [0, 0.1) is 11.8 Å². The predicted octanol–water partition coefficient (Wildman–Crippen LogP) is 5.46. The van der Waals surface area contributed by atoms with E-state index in [1.54, 1.807) is 30.3 Å². The molecular formula is C24H21BrN2O3. The first-order chi connectivity index (χ1) is 14.4. The molecule has 3 aromatic rings. The molecular weight excluding hydrogens is 444 g/mol. The van der Waals surface area contributed by atoms with Gasteiger partial charge in [-0.05, 0) is 60.7 Å². The Labute approximate surface area is 182 Å². The molecule has 0 saturated heterocycles. The first-order valence-electron chi connectivity index (χ1n) is 9.82. The van der Waals surface area contributed by atoms with Crippen molar-refractivity contribution in [1.29, 1.82) is 0 Å². The summed E-state index contributed by atoms with van der Waals surface area (Å²) in [6.45, 7) is 4.26. The molecule has 4 rings (SSSR count). The fourth-order valence-electron chi connectivity index (χ4n) is 3.48. The molecule has 0 saturated carbocycles. The van der Waals surface area contributed by atoms with E-state index in [4.69, 9.17) is 4.42 Å². The molecule has 1 aliphatic rings. The maximum atomic E-state index is 13.1. The summed E-state index contributed by atoms with van der Waals surface area (Å²) in [7, 11) is 0. The van der Waals surface area contributed by atoms with Crippen LogP contribution in [0.3, 0.4) is 0 Å². The van der Waals surface area contributed by atoms with Crippen LogP contribution in [0.2, 0.25) is 0 Å². The predicted molar refractivity (Wildman–Crippen MR) is 121 cm³/mol. The molecule has 1 N–H and O–H groups in total. The van der Waals surface area contributed by atoms with Crippen molar-refractivity contribution in [3.8, 4) is 11.5 Å². The molecule has 5 nitrogen and oxygen atoms in total. The van der Waals surface area contributed by atoms with E-state index >= 15 is 0 Å². The number of hydrogen-bond donors (Lipinski definition) is 1. The Kier molecular flexibility index (Phi) is 5.68. The molecule has 0 aliphatic heterocycles. The molecule has 152 valence electrons. The highest BCUT2D eigenvalue weighted by Gasteiger charge is 2.22. The summed E-state index contributed by atoms with van der Waals surface area (Å²) in [5, 5.41) is 3.30. The van der Waals surface area contributed by atoms with E-state index in [0.717, 1.165) is 16.6 Å². The molecule has 6 heteroatoms. The van der Waals surface area contributed by atoms with Crippen LogP contribution < -0.4 is 10.9 Å². The number of allylic oxidation sites excluding steroid dienone is 4. The number of nitrogens with zero attached hydrogens (tertiary/aromatic N) is 1. The average molecular weight is 465 g/mol. The number of nitrogens with one attached hydrogen (secondary N) is 1. The Bertz CT molecular complexity index is 1230. The molecule has 1 heterocycles. The van der Waals surface area contributed by atoms with E-state index in [0.29, 0.717) is 22.6 Å². The number of rotatable bonds is 3. The summed E-state index contributed by atoms with van der Waals surface area (Å²) >= 11 is 3.39. The van der Waals surface area contributed by atoms with Crippen LogP contribution in [0.15, 0.2) is 80.1 Å². The number of carbonyl (C=O) groups is 1. The van der Waals surface area contributed by atoms with Crippen molar-refractivity contribution in [1.82, 2.24) is 10.3 Å². The summed E-state index contributed by atoms with van der Waals surface area (Å²) in [5.74, 6) is 0.507. The van der Waals surface area contributed by atoms with Gasteiger partial charge in [-0.1, -0.05) is 48.0 Å². The van der Waals surface area contributed by atoms with Crippen LogP contribution in [-0.2, 0) is 0 Å². The van der Waals surface area contributed by atoms with E-state index in [2.05, 4.69) is 46.2 Å². The Morgan fingerprint density at radius 2 is 1.93 bits per heavy atom. The molecule has 1 amide bonds. The Balaban J connectivity index is 1.76. The first kappa shape index (κ1) is 20.3. The third kappa shape index (κ3) is 4.00. The number of fused-ring (bicyclic) bond motifs is 1. The van der Waals surface area contributed by atoms with Crippen molar-refractivity contribution in [3.05, 3.63) is 86.8 Å². The van der Waals surface area contributed by atoms with Gasteiger partial charge in [-0.2, -0.15) is 0 Å². The number of para-hydroxylation sites is 1. The van der Waals surface area contributed by atoms with Gasteiger partial charge in [-0.25, -0.2) is 9.78 Å². The molecule has 0 fully saturated rings. The minimum absolute atomic E-state index is 0.179. The lowest BCUT2D eigenvalue weighted by atomic mass is 9.91. The standard InChI is InChI=1S/C24H21BrN2O3/c1-14-6-3-4-9-20(15(14)2)26-22(28)18-7-5-8-19-21(18)27-23(30-24(19)29)16-10-12-17(25)13-11-16/h3-5,7-15H,6H2,1-2H3,(H,26,28). The smallest absolute Gasteiger partial charge is 0.347 e. The monoisotopic (exact) mass is 464 g/mol. The summed E-state index contributed by atoms with van der Waals surface area (Å²) < 4.78 is 6.32. The van der Waals surface area contributed by atoms with E-state index in [1.807, 2.05) is 24.3 Å². The summed E-state index contributed by atoms with van der Waals surface area (Å²) in [5.41, 5.74) is 1.66. The zero-order chi connectivity index (χ0) is 21.3. The molecule has 2 unspecified atom stereocenters. The maximum absolute atomic E-state index is 13.1. The highest BCUT2D eigenvalue weighted by atomic mass is 79.9. The number of hydrogen-bond acceptors (Lipinski definition) is 4. The Hall–Kier alpha value is -2.99. The van der Waals surface area contributed by atoms with Crippen LogP contribution in [0.4, 0.5) is 0 Å². The van der Waals surface area contributed by atoms with Gasteiger partial charge in [0.2, 0.25) is 5.89 Å². The zero-order valence-electron chi connectivity index (χ0n) is 16.7. The summed E-state index contributed by atoms with van der Waals surface area (Å²) in [4.78, 5) is 30.2. The van der Waals surface area contributed by atoms with Crippen LogP contribution >= 0.6 is 15.9 Å². The van der Waals surface area contributed by atoms with Gasteiger partial charge in [0.15, 0.2) is 0 Å². The minimum atomic E-state index is -0.522. The second-order valence-corrected chi connectivity index (χ2v) is 8.44. The number of benzene rings is 2. The van der Waals surface area contributed by atoms with Gasteiger partial charge in [0.1, 0.15) is 0 Å². The molecule has 1 aliphatic carbocycles. The van der Waals surface area contributed by atoms with Crippen molar-refractivity contribution in [2.24, 2.45) is 11.8 Å². The highest BCUT2D eigenvalue weighted by Crippen LogP contribution is 2.26. The van der Waals surface area contributed by atoms with Gasteiger partial charge in [-0.15, -0.1) is 0 Å². The van der Waals surface area contributed by atoms with Crippen molar-refractivity contribution in [2.75, 3.05) is 0 Å². The van der Waals surface area contributed by atoms with Crippen molar-refractivity contribution in [2.45, 2.75) is 20.3 Å². The van der Waals surface area contributed by atoms with Crippen molar-refractivity contribution >= 4 is 32.7 Å². The third-order valence-electron chi connectivity index (χ3n) is 5.52. The zero-order valence-corrected chi connectivity index (χ0v) is 18.3. The molecule has 1 aromatic heterocycles. The molecule has 2 atom stereocenters. The van der Waals surface area contributed by atoms with Gasteiger partial charge in [0, 0.05) is 15.7 Å². The maximum Gasteiger partial charge on any atom is 0.347 e. The van der Waals surface area contributed by atoms with Gasteiger partial charge in [0.25, 0.3) is 5.91 Å². The van der Waals surface area contributed by atoms with Crippen LogP contribution in [0.5, 0.6) is 0 Å². The third-order valence-corrected chi connectivity index (χ3v) is 6.04. The van der Waals surface area contributed by atoms with E-state index in [1.165, 1.54) is 0 Å². The number of halogens is 1. The average Bonchev–Trinajstić information content (AvgIpc) is 2.89. The van der Waals surface area contributed by atoms with Gasteiger partial charge in [0.05, 0.1) is 16.5 Å². The van der Waals surface area contributed by atoms with Crippen molar-refractivity contribution < 1.29 is 9.21 Å². The molecule has 0 spiro atoms. The van der Waals surface area contributed by atoms with Gasteiger partial charge in [-0.3, -0.25) is 4.79 Å². The van der Waals surface area contributed by atoms with Gasteiger partial charge < -0.3 is 9.73 Å². The largest absolute Gasteiger partial charge is 0.403 e. The quantitative estimate of drug-likeness (QED) is 0.558. The second kappa shape index (κ2) is 8.40. The topological polar surface area (TPSA) is 72.2 Å².